The lowest BCUT2D eigenvalue weighted by atomic mass is 10.0. The highest BCUT2D eigenvalue weighted by Gasteiger charge is 2.36. The van der Waals surface area contributed by atoms with Gasteiger partial charge in [0.1, 0.15) is 5.82 Å². The molecule has 2 unspecified atom stereocenters. The Labute approximate surface area is 121 Å². The summed E-state index contributed by atoms with van der Waals surface area (Å²) in [6.07, 6.45) is 4.10. The zero-order chi connectivity index (χ0) is 14.1. The molecule has 1 N–H and O–H groups in total. The Balaban J connectivity index is 1.80. The van der Waals surface area contributed by atoms with Crippen LogP contribution in [0.2, 0.25) is 0 Å². The highest BCUT2D eigenvalue weighted by molar-refractivity contribution is 5.55. The van der Waals surface area contributed by atoms with Gasteiger partial charge in [-0.3, -0.25) is 0 Å². The maximum absolute atomic E-state index is 14.2. The van der Waals surface area contributed by atoms with E-state index < -0.39 is 0 Å². The van der Waals surface area contributed by atoms with E-state index in [9.17, 15) is 4.39 Å². The first kappa shape index (κ1) is 13.9. The van der Waals surface area contributed by atoms with E-state index in [1.807, 2.05) is 6.07 Å². The summed E-state index contributed by atoms with van der Waals surface area (Å²) in [4.78, 5) is 2.41. The molecule has 2 aliphatic rings. The van der Waals surface area contributed by atoms with Gasteiger partial charge in [0.15, 0.2) is 0 Å². The molecule has 1 aromatic carbocycles. The maximum atomic E-state index is 14.2. The molecule has 1 saturated carbocycles. The van der Waals surface area contributed by atoms with Crippen LogP contribution in [0.25, 0.3) is 0 Å². The molecule has 3 heteroatoms. The first-order valence-electron chi connectivity index (χ1n) is 7.91. The van der Waals surface area contributed by atoms with Crippen molar-refractivity contribution in [2.75, 3.05) is 18.0 Å². The second-order valence-corrected chi connectivity index (χ2v) is 6.63. The largest absolute Gasteiger partial charge is 0.371 e. The number of fused-ring (bicyclic) bond motifs is 1. The molecular weight excluding hydrogens is 251 g/mol. The Kier molecular flexibility index (Phi) is 3.97. The summed E-state index contributed by atoms with van der Waals surface area (Å²) in [6, 6.07) is 5.89. The van der Waals surface area contributed by atoms with E-state index in [0.717, 1.165) is 36.2 Å². The molecule has 0 aromatic heterocycles. The van der Waals surface area contributed by atoms with E-state index in [0.29, 0.717) is 12.6 Å². The Morgan fingerprint density at radius 3 is 2.60 bits per heavy atom. The van der Waals surface area contributed by atoms with Crippen molar-refractivity contribution in [3.05, 3.63) is 29.6 Å². The number of hydrogen-bond donors (Lipinski definition) is 1. The minimum Gasteiger partial charge on any atom is -0.371 e. The molecule has 1 aromatic rings. The molecule has 1 saturated heterocycles. The molecule has 0 bridgehead atoms. The van der Waals surface area contributed by atoms with Crippen molar-refractivity contribution in [1.82, 2.24) is 5.32 Å². The van der Waals surface area contributed by atoms with Gasteiger partial charge in [0, 0.05) is 36.9 Å². The average molecular weight is 276 g/mol. The Hall–Kier alpha value is -1.09. The van der Waals surface area contributed by atoms with Gasteiger partial charge in [-0.15, -0.1) is 0 Å². The van der Waals surface area contributed by atoms with Crippen molar-refractivity contribution in [2.45, 2.75) is 45.7 Å². The van der Waals surface area contributed by atoms with Crippen molar-refractivity contribution in [3.63, 3.8) is 0 Å². The summed E-state index contributed by atoms with van der Waals surface area (Å²) in [5, 5.41) is 3.35. The van der Waals surface area contributed by atoms with Gasteiger partial charge in [-0.25, -0.2) is 4.39 Å². The predicted octanol–water partition coefficient (Wildman–Crippen LogP) is 3.56. The normalized spacial score (nSPS) is 25.5. The molecule has 2 nitrogen and oxygen atoms in total. The van der Waals surface area contributed by atoms with Crippen LogP contribution in [0.5, 0.6) is 0 Å². The van der Waals surface area contributed by atoms with Crippen molar-refractivity contribution < 1.29 is 4.39 Å². The Bertz CT molecular complexity index is 460. The summed E-state index contributed by atoms with van der Waals surface area (Å²) in [5.41, 5.74) is 1.94. The zero-order valence-corrected chi connectivity index (χ0v) is 12.5. The van der Waals surface area contributed by atoms with Gasteiger partial charge in [0.05, 0.1) is 0 Å². The topological polar surface area (TPSA) is 15.3 Å². The van der Waals surface area contributed by atoms with Gasteiger partial charge < -0.3 is 10.2 Å². The second-order valence-electron chi connectivity index (χ2n) is 6.63. The zero-order valence-electron chi connectivity index (χ0n) is 12.5. The van der Waals surface area contributed by atoms with Crippen LogP contribution in [-0.2, 0) is 6.54 Å². The summed E-state index contributed by atoms with van der Waals surface area (Å²) < 4.78 is 14.2. The van der Waals surface area contributed by atoms with Crippen LogP contribution in [0.15, 0.2) is 18.2 Å². The maximum Gasteiger partial charge on any atom is 0.129 e. The van der Waals surface area contributed by atoms with Crippen LogP contribution in [0.1, 0.15) is 38.7 Å². The highest BCUT2D eigenvalue weighted by atomic mass is 19.1. The van der Waals surface area contributed by atoms with Crippen LogP contribution in [-0.4, -0.2) is 19.1 Å². The van der Waals surface area contributed by atoms with E-state index in [-0.39, 0.29) is 5.82 Å². The number of rotatable bonds is 4. The van der Waals surface area contributed by atoms with E-state index in [2.05, 4.69) is 30.1 Å². The summed E-state index contributed by atoms with van der Waals surface area (Å²) in [6.45, 7) is 7.04. The Morgan fingerprint density at radius 2 is 1.95 bits per heavy atom. The van der Waals surface area contributed by atoms with E-state index in [4.69, 9.17) is 0 Å². The molecule has 1 heterocycles. The van der Waals surface area contributed by atoms with Crippen LogP contribution < -0.4 is 10.2 Å². The van der Waals surface area contributed by atoms with Gasteiger partial charge in [0.2, 0.25) is 0 Å². The molecule has 110 valence electrons. The van der Waals surface area contributed by atoms with E-state index in [1.165, 1.54) is 19.3 Å². The van der Waals surface area contributed by atoms with Gasteiger partial charge in [-0.05, 0) is 36.8 Å². The molecule has 1 aliphatic carbocycles. The van der Waals surface area contributed by atoms with Gasteiger partial charge >= 0.3 is 0 Å². The first-order valence-corrected chi connectivity index (χ1v) is 7.91. The van der Waals surface area contributed by atoms with Crippen molar-refractivity contribution in [1.29, 1.82) is 0 Å². The number of nitrogens with one attached hydrogen (secondary N) is 1. The van der Waals surface area contributed by atoms with Crippen LogP contribution >= 0.6 is 0 Å². The quantitative estimate of drug-likeness (QED) is 0.904. The molecule has 0 spiro atoms. The lowest BCUT2D eigenvalue weighted by Gasteiger charge is -2.24. The predicted molar refractivity (Wildman–Crippen MR) is 81.4 cm³/mol. The van der Waals surface area contributed by atoms with Gasteiger partial charge in [-0.1, -0.05) is 26.3 Å². The Morgan fingerprint density at radius 1 is 1.25 bits per heavy atom. The third-order valence-corrected chi connectivity index (χ3v) is 4.85. The number of hydrogen-bond acceptors (Lipinski definition) is 2. The summed E-state index contributed by atoms with van der Waals surface area (Å²) in [7, 11) is 0. The monoisotopic (exact) mass is 276 g/mol. The number of benzene rings is 1. The average Bonchev–Trinajstić information content (AvgIpc) is 2.97. The first-order chi connectivity index (χ1) is 9.65. The number of nitrogens with zero attached hydrogens (tertiary/aromatic N) is 1. The fourth-order valence-electron chi connectivity index (χ4n) is 3.76. The fraction of sp³-hybridized carbons (Fsp3) is 0.647. The fourth-order valence-corrected chi connectivity index (χ4v) is 3.76. The van der Waals surface area contributed by atoms with Crippen LogP contribution in [0.3, 0.4) is 0 Å². The van der Waals surface area contributed by atoms with Crippen LogP contribution in [0, 0.1) is 17.7 Å². The molecule has 3 rings (SSSR count). The second kappa shape index (κ2) is 5.72. The molecule has 0 amide bonds. The number of anilines is 1. The summed E-state index contributed by atoms with van der Waals surface area (Å²) in [5.74, 6) is 1.60. The standard InChI is InChI=1S/C17H25FN2/c1-12(2)19-9-15-16(18)7-4-8-17(15)20-10-13-5-3-6-14(13)11-20/h4,7-8,12-14,19H,3,5-6,9-11H2,1-2H3. The molecular formula is C17H25FN2. The SMILES string of the molecule is CC(C)NCc1c(F)cccc1N1CC2CCCC2C1. The van der Waals surface area contributed by atoms with E-state index in [1.54, 1.807) is 6.07 Å². The molecule has 0 radical (unpaired) electrons. The third kappa shape index (κ3) is 2.69. The summed E-state index contributed by atoms with van der Waals surface area (Å²) >= 11 is 0. The van der Waals surface area contributed by atoms with Crippen molar-refractivity contribution >= 4 is 5.69 Å². The van der Waals surface area contributed by atoms with Crippen molar-refractivity contribution in [3.8, 4) is 0 Å². The molecule has 20 heavy (non-hydrogen) atoms. The minimum atomic E-state index is -0.0762. The minimum absolute atomic E-state index is 0.0762. The van der Waals surface area contributed by atoms with Crippen molar-refractivity contribution in [2.24, 2.45) is 11.8 Å². The molecule has 2 fully saturated rings. The number of halogens is 1. The lowest BCUT2D eigenvalue weighted by Crippen LogP contribution is -2.27. The molecule has 1 aliphatic heterocycles. The highest BCUT2D eigenvalue weighted by Crippen LogP contribution is 2.40. The van der Waals surface area contributed by atoms with Gasteiger partial charge in [0.25, 0.3) is 0 Å². The lowest BCUT2D eigenvalue weighted by molar-refractivity contribution is 0.494. The van der Waals surface area contributed by atoms with Crippen LogP contribution in [0.4, 0.5) is 10.1 Å². The molecule has 2 atom stereocenters. The smallest absolute Gasteiger partial charge is 0.129 e. The van der Waals surface area contributed by atoms with E-state index >= 15 is 0 Å². The third-order valence-electron chi connectivity index (χ3n) is 4.85. The van der Waals surface area contributed by atoms with Gasteiger partial charge in [-0.2, -0.15) is 0 Å².